The SMILES string of the molecule is CN1CCCC(Nc2cc(Br)ccc2N)C1. The third-order valence-corrected chi connectivity index (χ3v) is 3.49. The average molecular weight is 284 g/mol. The predicted octanol–water partition coefficient (Wildman–Crippen LogP) is 2.54. The van der Waals surface area contributed by atoms with Gasteiger partial charge in [0.2, 0.25) is 0 Å². The van der Waals surface area contributed by atoms with Crippen LogP contribution in [0.2, 0.25) is 0 Å². The molecule has 1 unspecified atom stereocenters. The molecule has 0 aliphatic carbocycles. The number of hydrogen-bond donors (Lipinski definition) is 2. The van der Waals surface area contributed by atoms with Crippen LogP contribution in [0.3, 0.4) is 0 Å². The molecule has 1 atom stereocenters. The molecule has 1 saturated heterocycles. The maximum atomic E-state index is 5.94. The summed E-state index contributed by atoms with van der Waals surface area (Å²) in [6, 6.07) is 6.45. The van der Waals surface area contributed by atoms with Gasteiger partial charge < -0.3 is 16.0 Å². The van der Waals surface area contributed by atoms with Crippen LogP contribution in [0.25, 0.3) is 0 Å². The third kappa shape index (κ3) is 2.89. The van der Waals surface area contributed by atoms with E-state index in [9.17, 15) is 0 Å². The summed E-state index contributed by atoms with van der Waals surface area (Å²) in [5.41, 5.74) is 7.80. The van der Waals surface area contributed by atoms with Gasteiger partial charge in [0.15, 0.2) is 0 Å². The fourth-order valence-corrected chi connectivity index (χ4v) is 2.52. The lowest BCUT2D eigenvalue weighted by molar-refractivity contribution is 0.261. The van der Waals surface area contributed by atoms with Gasteiger partial charge in [-0.2, -0.15) is 0 Å². The van der Waals surface area contributed by atoms with Crippen molar-refractivity contribution in [1.29, 1.82) is 0 Å². The molecule has 1 aromatic rings. The number of likely N-dealkylation sites (N-methyl/N-ethyl adjacent to an activating group) is 1. The number of hydrogen-bond acceptors (Lipinski definition) is 3. The van der Waals surface area contributed by atoms with Crippen molar-refractivity contribution in [2.75, 3.05) is 31.2 Å². The molecule has 4 heteroatoms. The smallest absolute Gasteiger partial charge is 0.0587 e. The molecule has 0 amide bonds. The first-order valence-corrected chi connectivity index (χ1v) is 6.44. The number of halogens is 1. The van der Waals surface area contributed by atoms with Crippen molar-refractivity contribution in [1.82, 2.24) is 4.90 Å². The van der Waals surface area contributed by atoms with Gasteiger partial charge in [0.1, 0.15) is 0 Å². The van der Waals surface area contributed by atoms with Crippen LogP contribution in [0.15, 0.2) is 22.7 Å². The minimum Gasteiger partial charge on any atom is -0.397 e. The van der Waals surface area contributed by atoms with E-state index in [4.69, 9.17) is 5.73 Å². The highest BCUT2D eigenvalue weighted by atomic mass is 79.9. The standard InChI is InChI=1S/C12H18BrN3/c1-16-6-2-3-10(8-16)15-12-7-9(13)4-5-11(12)14/h4-5,7,10,15H,2-3,6,8,14H2,1H3. The molecule has 3 N–H and O–H groups in total. The van der Waals surface area contributed by atoms with Crippen molar-refractivity contribution in [3.05, 3.63) is 22.7 Å². The van der Waals surface area contributed by atoms with Crippen molar-refractivity contribution in [2.24, 2.45) is 0 Å². The second-order valence-electron chi connectivity index (χ2n) is 4.48. The van der Waals surface area contributed by atoms with Gasteiger partial charge in [-0.25, -0.2) is 0 Å². The highest BCUT2D eigenvalue weighted by Crippen LogP contribution is 2.25. The Morgan fingerprint density at radius 1 is 1.50 bits per heavy atom. The summed E-state index contributed by atoms with van der Waals surface area (Å²) < 4.78 is 1.06. The number of piperidine rings is 1. The van der Waals surface area contributed by atoms with Gasteiger partial charge in [0.25, 0.3) is 0 Å². The Bertz CT molecular complexity index is 367. The Balaban J connectivity index is 2.05. The minimum absolute atomic E-state index is 0.510. The van der Waals surface area contributed by atoms with Gasteiger partial charge in [0.05, 0.1) is 11.4 Å². The van der Waals surface area contributed by atoms with Gasteiger partial charge in [-0.3, -0.25) is 0 Å². The van der Waals surface area contributed by atoms with E-state index < -0.39 is 0 Å². The molecule has 1 aromatic carbocycles. The number of likely N-dealkylation sites (tertiary alicyclic amines) is 1. The van der Waals surface area contributed by atoms with E-state index in [1.807, 2.05) is 18.2 Å². The molecule has 0 saturated carbocycles. The number of rotatable bonds is 2. The lowest BCUT2D eigenvalue weighted by Crippen LogP contribution is -2.39. The highest BCUT2D eigenvalue weighted by molar-refractivity contribution is 9.10. The molecule has 1 fully saturated rings. The van der Waals surface area contributed by atoms with Crippen LogP contribution in [-0.4, -0.2) is 31.1 Å². The van der Waals surface area contributed by atoms with Crippen LogP contribution in [0.1, 0.15) is 12.8 Å². The van der Waals surface area contributed by atoms with Crippen LogP contribution in [0, 0.1) is 0 Å². The van der Waals surface area contributed by atoms with Gasteiger partial charge in [-0.1, -0.05) is 15.9 Å². The number of nitrogens with two attached hydrogens (primary N) is 1. The Hall–Kier alpha value is -0.740. The zero-order valence-corrected chi connectivity index (χ0v) is 11.1. The predicted molar refractivity (Wildman–Crippen MR) is 72.7 cm³/mol. The van der Waals surface area contributed by atoms with Crippen molar-refractivity contribution >= 4 is 27.3 Å². The van der Waals surface area contributed by atoms with Crippen LogP contribution < -0.4 is 11.1 Å². The summed E-state index contributed by atoms with van der Waals surface area (Å²) >= 11 is 3.47. The fourth-order valence-electron chi connectivity index (χ4n) is 2.16. The third-order valence-electron chi connectivity index (χ3n) is 3.00. The number of nitrogen functional groups attached to an aromatic ring is 1. The lowest BCUT2D eigenvalue weighted by Gasteiger charge is -2.31. The molecule has 1 heterocycles. The van der Waals surface area contributed by atoms with Gasteiger partial charge in [0, 0.05) is 17.1 Å². The van der Waals surface area contributed by atoms with E-state index >= 15 is 0 Å². The summed E-state index contributed by atoms with van der Waals surface area (Å²) in [6.07, 6.45) is 2.47. The number of nitrogens with zero attached hydrogens (tertiary/aromatic N) is 1. The molecular weight excluding hydrogens is 266 g/mol. The topological polar surface area (TPSA) is 41.3 Å². The summed E-state index contributed by atoms with van der Waals surface area (Å²) in [4.78, 5) is 2.36. The summed E-state index contributed by atoms with van der Waals surface area (Å²) in [7, 11) is 2.16. The molecule has 16 heavy (non-hydrogen) atoms. The van der Waals surface area contributed by atoms with E-state index in [1.54, 1.807) is 0 Å². The zero-order chi connectivity index (χ0) is 11.5. The molecule has 2 rings (SSSR count). The second-order valence-corrected chi connectivity index (χ2v) is 5.39. The van der Waals surface area contributed by atoms with E-state index in [1.165, 1.54) is 19.4 Å². The van der Waals surface area contributed by atoms with Crippen molar-refractivity contribution in [3.63, 3.8) is 0 Å². The Morgan fingerprint density at radius 3 is 3.06 bits per heavy atom. The first kappa shape index (κ1) is 11.7. The zero-order valence-electron chi connectivity index (χ0n) is 9.54. The quantitative estimate of drug-likeness (QED) is 0.820. The molecule has 0 aromatic heterocycles. The van der Waals surface area contributed by atoms with Gasteiger partial charge in [-0.05, 0) is 44.6 Å². The number of benzene rings is 1. The molecular formula is C12H18BrN3. The molecule has 0 bridgehead atoms. The average Bonchev–Trinajstić information content (AvgIpc) is 2.24. The number of anilines is 2. The number of nitrogens with one attached hydrogen (secondary N) is 1. The lowest BCUT2D eigenvalue weighted by atomic mass is 10.1. The molecule has 88 valence electrons. The van der Waals surface area contributed by atoms with Crippen LogP contribution in [0.5, 0.6) is 0 Å². The summed E-state index contributed by atoms with van der Waals surface area (Å²) in [5, 5.41) is 3.52. The van der Waals surface area contributed by atoms with E-state index in [2.05, 4.69) is 33.2 Å². The van der Waals surface area contributed by atoms with Crippen LogP contribution in [0.4, 0.5) is 11.4 Å². The maximum absolute atomic E-state index is 5.94. The molecule has 1 aliphatic rings. The largest absolute Gasteiger partial charge is 0.397 e. The normalized spacial score (nSPS) is 22.0. The van der Waals surface area contributed by atoms with Crippen molar-refractivity contribution in [2.45, 2.75) is 18.9 Å². The first-order valence-electron chi connectivity index (χ1n) is 5.65. The van der Waals surface area contributed by atoms with E-state index in [-0.39, 0.29) is 0 Å². The monoisotopic (exact) mass is 283 g/mol. The molecule has 0 spiro atoms. The summed E-state index contributed by atoms with van der Waals surface area (Å²) in [5.74, 6) is 0. The fraction of sp³-hybridized carbons (Fsp3) is 0.500. The van der Waals surface area contributed by atoms with Crippen LogP contribution in [-0.2, 0) is 0 Å². The summed E-state index contributed by atoms with van der Waals surface area (Å²) in [6.45, 7) is 2.29. The van der Waals surface area contributed by atoms with Crippen molar-refractivity contribution < 1.29 is 0 Å². The Kier molecular flexibility index (Phi) is 3.71. The second kappa shape index (κ2) is 5.06. The molecule has 3 nitrogen and oxygen atoms in total. The maximum Gasteiger partial charge on any atom is 0.0587 e. The highest BCUT2D eigenvalue weighted by Gasteiger charge is 2.17. The molecule has 0 radical (unpaired) electrons. The van der Waals surface area contributed by atoms with Gasteiger partial charge >= 0.3 is 0 Å². The van der Waals surface area contributed by atoms with Crippen LogP contribution >= 0.6 is 15.9 Å². The van der Waals surface area contributed by atoms with Gasteiger partial charge in [-0.15, -0.1) is 0 Å². The Morgan fingerprint density at radius 2 is 2.31 bits per heavy atom. The first-order chi connectivity index (χ1) is 7.65. The van der Waals surface area contributed by atoms with E-state index in [0.29, 0.717) is 6.04 Å². The minimum atomic E-state index is 0.510. The molecule has 1 aliphatic heterocycles. The van der Waals surface area contributed by atoms with Crippen molar-refractivity contribution in [3.8, 4) is 0 Å². The Labute approximate surface area is 105 Å². The van der Waals surface area contributed by atoms with E-state index in [0.717, 1.165) is 22.4 Å².